The lowest BCUT2D eigenvalue weighted by Crippen LogP contribution is -2.53. The first-order valence-electron chi connectivity index (χ1n) is 11.9. The van der Waals surface area contributed by atoms with Gasteiger partial charge in [-0.25, -0.2) is 0 Å². The molecule has 1 unspecified atom stereocenters. The van der Waals surface area contributed by atoms with Crippen molar-refractivity contribution in [3.63, 3.8) is 0 Å². The summed E-state index contributed by atoms with van der Waals surface area (Å²) in [6, 6.07) is 15.5. The molecule has 2 aromatic rings. The first kappa shape index (κ1) is 22.7. The third-order valence-corrected chi connectivity index (χ3v) is 8.11. The zero-order valence-electron chi connectivity index (χ0n) is 19.4. The minimum atomic E-state index is -1.81. The molecule has 2 heterocycles. The highest BCUT2D eigenvalue weighted by atomic mass is 16.3. The van der Waals surface area contributed by atoms with Gasteiger partial charge < -0.3 is 31.1 Å². The van der Waals surface area contributed by atoms with Gasteiger partial charge in [-0.15, -0.1) is 0 Å². The number of nitrogens with one attached hydrogen (secondary N) is 1. The number of benzene rings is 2. The fraction of sp³-hybridized carbons (Fsp3) is 0.462. The van der Waals surface area contributed by atoms with Crippen molar-refractivity contribution in [3.8, 4) is 0 Å². The van der Waals surface area contributed by atoms with Crippen LogP contribution in [0.1, 0.15) is 37.3 Å². The first-order valence-corrected chi connectivity index (χ1v) is 11.9. The van der Waals surface area contributed by atoms with Gasteiger partial charge >= 0.3 is 0 Å². The number of aliphatic hydroxyl groups is 2. The van der Waals surface area contributed by atoms with Gasteiger partial charge in [0.15, 0.2) is 12.2 Å². The topological polar surface area (TPSA) is 119 Å². The van der Waals surface area contributed by atoms with Gasteiger partial charge in [0, 0.05) is 31.7 Å². The Hall–Kier alpha value is -3.10. The molecule has 1 spiro atoms. The number of rotatable bonds is 5. The molecule has 0 radical (unpaired) electrons. The second-order valence-electron chi connectivity index (χ2n) is 10.2. The molecule has 0 bridgehead atoms. The van der Waals surface area contributed by atoms with Crippen molar-refractivity contribution in [3.05, 3.63) is 59.7 Å². The van der Waals surface area contributed by atoms with Gasteiger partial charge in [-0.3, -0.25) is 9.59 Å². The molecule has 3 atom stereocenters. The van der Waals surface area contributed by atoms with Gasteiger partial charge in [-0.1, -0.05) is 36.4 Å². The van der Waals surface area contributed by atoms with E-state index in [0.29, 0.717) is 13.1 Å². The van der Waals surface area contributed by atoms with Crippen LogP contribution in [0.5, 0.6) is 0 Å². The second-order valence-corrected chi connectivity index (χ2v) is 10.2. The monoisotopic (exact) mass is 464 g/mol. The zero-order valence-corrected chi connectivity index (χ0v) is 19.4. The summed E-state index contributed by atoms with van der Waals surface area (Å²) in [7, 11) is 0. The number of aliphatic hydroxyl groups excluding tert-OH is 2. The van der Waals surface area contributed by atoms with Crippen molar-refractivity contribution in [1.82, 2.24) is 10.2 Å². The Balaban J connectivity index is 1.16. The number of carbonyl (C=O) groups excluding carboxylic acids is 2. The SMILES string of the molecule is CC1(NC(=O)[C@H](O)[C@@H](O)C(=O)N2Cc3ccccc3C2)CC12CCN(c1ccccc1N)CC2. The van der Waals surface area contributed by atoms with Gasteiger partial charge in [0.25, 0.3) is 11.8 Å². The molecule has 3 aliphatic rings. The summed E-state index contributed by atoms with van der Waals surface area (Å²) in [5.41, 5.74) is 9.43. The van der Waals surface area contributed by atoms with E-state index >= 15 is 0 Å². The lowest BCUT2D eigenvalue weighted by molar-refractivity contribution is -0.154. The molecular weight excluding hydrogens is 432 g/mol. The van der Waals surface area contributed by atoms with Crippen molar-refractivity contribution in [2.75, 3.05) is 23.7 Å². The Labute approximate surface area is 199 Å². The number of fused-ring (bicyclic) bond motifs is 1. The van der Waals surface area contributed by atoms with E-state index in [4.69, 9.17) is 5.73 Å². The highest BCUT2D eigenvalue weighted by Crippen LogP contribution is 2.62. The van der Waals surface area contributed by atoms with Crippen LogP contribution in [0, 0.1) is 5.41 Å². The quantitative estimate of drug-likeness (QED) is 0.497. The minimum absolute atomic E-state index is 0.0476. The molecule has 2 fully saturated rings. The van der Waals surface area contributed by atoms with Crippen molar-refractivity contribution in [2.24, 2.45) is 5.41 Å². The molecule has 0 aromatic heterocycles. The van der Waals surface area contributed by atoms with Crippen LogP contribution in [-0.2, 0) is 22.7 Å². The van der Waals surface area contributed by atoms with Crippen LogP contribution in [0.3, 0.4) is 0 Å². The fourth-order valence-electron chi connectivity index (χ4n) is 5.79. The molecule has 34 heavy (non-hydrogen) atoms. The summed E-state index contributed by atoms with van der Waals surface area (Å²) >= 11 is 0. The highest BCUT2D eigenvalue weighted by Gasteiger charge is 2.65. The molecule has 1 aliphatic carbocycles. The summed E-state index contributed by atoms with van der Waals surface area (Å²) in [4.78, 5) is 29.3. The molecule has 8 nitrogen and oxygen atoms in total. The second kappa shape index (κ2) is 8.29. The zero-order chi connectivity index (χ0) is 24.1. The van der Waals surface area contributed by atoms with E-state index in [9.17, 15) is 19.8 Å². The molecule has 2 amide bonds. The predicted octanol–water partition coefficient (Wildman–Crippen LogP) is 1.40. The minimum Gasteiger partial charge on any atom is -0.397 e. The lowest BCUT2D eigenvalue weighted by atomic mass is 9.88. The van der Waals surface area contributed by atoms with Crippen LogP contribution in [0.15, 0.2) is 48.5 Å². The van der Waals surface area contributed by atoms with Crippen LogP contribution < -0.4 is 16.0 Å². The molecule has 2 aliphatic heterocycles. The van der Waals surface area contributed by atoms with E-state index in [1.165, 1.54) is 4.90 Å². The summed E-state index contributed by atoms with van der Waals surface area (Å²) in [6.07, 6.45) is -1.02. The predicted molar refractivity (Wildman–Crippen MR) is 129 cm³/mol. The van der Waals surface area contributed by atoms with E-state index in [2.05, 4.69) is 10.2 Å². The van der Waals surface area contributed by atoms with Crippen molar-refractivity contribution < 1.29 is 19.8 Å². The third kappa shape index (κ3) is 3.80. The van der Waals surface area contributed by atoms with Crippen molar-refractivity contribution in [2.45, 2.75) is 57.0 Å². The Morgan fingerprint density at radius 2 is 1.56 bits per heavy atom. The Morgan fingerprint density at radius 3 is 2.18 bits per heavy atom. The number of hydrogen-bond donors (Lipinski definition) is 4. The van der Waals surface area contributed by atoms with Gasteiger partial charge in [-0.2, -0.15) is 0 Å². The van der Waals surface area contributed by atoms with Crippen molar-refractivity contribution >= 4 is 23.2 Å². The molecular formula is C26H32N4O4. The lowest BCUT2D eigenvalue weighted by Gasteiger charge is -2.37. The van der Waals surface area contributed by atoms with Crippen molar-refractivity contribution in [1.29, 1.82) is 0 Å². The molecule has 1 saturated carbocycles. The fourth-order valence-corrected chi connectivity index (χ4v) is 5.79. The number of para-hydroxylation sites is 2. The normalized spacial score (nSPS) is 24.4. The van der Waals surface area contributed by atoms with E-state index in [-0.39, 0.29) is 5.41 Å². The highest BCUT2D eigenvalue weighted by molar-refractivity contribution is 5.91. The number of nitrogens with two attached hydrogens (primary N) is 1. The maximum atomic E-state index is 12.8. The molecule has 1 saturated heterocycles. The Morgan fingerprint density at radius 1 is 0.971 bits per heavy atom. The van der Waals surface area contributed by atoms with Gasteiger partial charge in [0.05, 0.1) is 11.4 Å². The first-order chi connectivity index (χ1) is 16.2. The van der Waals surface area contributed by atoms with E-state index < -0.39 is 29.6 Å². The largest absolute Gasteiger partial charge is 0.397 e. The standard InChI is InChI=1S/C26H32N4O4/c1-25(16-26(25)10-12-29(13-11-26)20-9-5-4-8-19(20)27)28-23(33)21(31)22(32)24(34)30-14-17-6-2-3-7-18(17)15-30/h2-9,21-22,31-32H,10-16,27H2,1H3,(H,28,33)/t21-,22-,25?/m1/s1. The maximum absolute atomic E-state index is 12.8. The number of hydrogen-bond acceptors (Lipinski definition) is 6. The Kier molecular flexibility index (Phi) is 5.53. The van der Waals surface area contributed by atoms with Crippen LogP contribution in [-0.4, -0.2) is 57.8 Å². The van der Waals surface area contributed by atoms with Gasteiger partial charge in [-0.05, 0) is 54.9 Å². The molecule has 8 heteroatoms. The summed E-state index contributed by atoms with van der Waals surface area (Å²) in [5.74, 6) is -1.34. The Bertz CT molecular complexity index is 1090. The smallest absolute Gasteiger partial charge is 0.255 e. The number of nitrogen functional groups attached to an aromatic ring is 1. The summed E-state index contributed by atoms with van der Waals surface area (Å²) in [6.45, 7) is 4.38. The third-order valence-electron chi connectivity index (χ3n) is 8.11. The number of piperidine rings is 1. The van der Waals surface area contributed by atoms with Gasteiger partial charge in [0.1, 0.15) is 0 Å². The van der Waals surface area contributed by atoms with Crippen LogP contribution in [0.4, 0.5) is 11.4 Å². The molecule has 5 rings (SSSR count). The van der Waals surface area contributed by atoms with Crippen LogP contribution in [0.25, 0.3) is 0 Å². The number of carbonyl (C=O) groups is 2. The maximum Gasteiger partial charge on any atom is 0.255 e. The number of anilines is 2. The molecule has 5 N–H and O–H groups in total. The van der Waals surface area contributed by atoms with Gasteiger partial charge in [0.2, 0.25) is 0 Å². The summed E-state index contributed by atoms with van der Waals surface area (Å²) < 4.78 is 0. The van der Waals surface area contributed by atoms with E-state index in [0.717, 1.165) is 54.9 Å². The van der Waals surface area contributed by atoms with E-state index in [1.54, 1.807) is 0 Å². The average Bonchev–Trinajstić information content (AvgIpc) is 3.17. The average molecular weight is 465 g/mol. The number of amides is 2. The number of nitrogens with zero attached hydrogens (tertiary/aromatic N) is 2. The molecule has 180 valence electrons. The van der Waals surface area contributed by atoms with Crippen LogP contribution in [0.2, 0.25) is 0 Å². The van der Waals surface area contributed by atoms with Crippen LogP contribution >= 0.6 is 0 Å². The summed E-state index contributed by atoms with van der Waals surface area (Å²) in [5, 5.41) is 23.9. The molecule has 2 aromatic carbocycles. The van der Waals surface area contributed by atoms with E-state index in [1.807, 2.05) is 55.5 Å².